The highest BCUT2D eigenvalue weighted by atomic mass is 15.3. The molecule has 0 saturated carbocycles. The maximum absolute atomic E-state index is 5.82. The van der Waals surface area contributed by atoms with Gasteiger partial charge in [0.25, 0.3) is 0 Å². The normalized spacial score (nSPS) is 24.1. The van der Waals surface area contributed by atoms with Crippen molar-refractivity contribution < 1.29 is 0 Å². The SMILES string of the molecule is CN1CCCC(Nc2nc(N)nc(N3CCCC3)n2)C1. The van der Waals surface area contributed by atoms with Crippen molar-refractivity contribution in [3.05, 3.63) is 0 Å². The van der Waals surface area contributed by atoms with Gasteiger partial charge in [0.15, 0.2) is 0 Å². The molecule has 1 aromatic heterocycles. The summed E-state index contributed by atoms with van der Waals surface area (Å²) in [7, 11) is 2.14. The van der Waals surface area contributed by atoms with Gasteiger partial charge in [-0.2, -0.15) is 15.0 Å². The summed E-state index contributed by atoms with van der Waals surface area (Å²) in [4.78, 5) is 17.5. The molecule has 2 aliphatic heterocycles. The molecule has 0 bridgehead atoms. The zero-order valence-electron chi connectivity index (χ0n) is 12.0. The molecule has 1 aromatic rings. The summed E-state index contributed by atoms with van der Waals surface area (Å²) in [5.41, 5.74) is 5.82. The Morgan fingerprint density at radius 2 is 1.90 bits per heavy atom. The molecule has 7 nitrogen and oxygen atoms in total. The average molecular weight is 277 g/mol. The molecule has 0 radical (unpaired) electrons. The molecule has 3 N–H and O–H groups in total. The monoisotopic (exact) mass is 277 g/mol. The minimum atomic E-state index is 0.300. The van der Waals surface area contributed by atoms with E-state index in [9.17, 15) is 0 Å². The van der Waals surface area contributed by atoms with Crippen LogP contribution in [0.15, 0.2) is 0 Å². The highest BCUT2D eigenvalue weighted by Crippen LogP contribution is 2.19. The molecular weight excluding hydrogens is 254 g/mol. The Balaban J connectivity index is 1.72. The molecule has 0 aliphatic carbocycles. The fourth-order valence-electron chi connectivity index (χ4n) is 2.97. The first-order valence-electron chi connectivity index (χ1n) is 7.42. The fraction of sp³-hybridized carbons (Fsp3) is 0.769. The van der Waals surface area contributed by atoms with E-state index in [2.05, 4.69) is 37.1 Å². The van der Waals surface area contributed by atoms with Gasteiger partial charge < -0.3 is 20.9 Å². The van der Waals surface area contributed by atoms with Gasteiger partial charge in [-0.25, -0.2) is 0 Å². The van der Waals surface area contributed by atoms with Gasteiger partial charge in [0.2, 0.25) is 17.8 Å². The lowest BCUT2D eigenvalue weighted by molar-refractivity contribution is 0.260. The number of nitrogens with zero attached hydrogens (tertiary/aromatic N) is 5. The number of anilines is 3. The average Bonchev–Trinajstić information content (AvgIpc) is 2.91. The number of likely N-dealkylation sites (tertiary alicyclic amines) is 1. The molecule has 2 saturated heterocycles. The van der Waals surface area contributed by atoms with Gasteiger partial charge in [0, 0.05) is 25.7 Å². The Kier molecular flexibility index (Phi) is 3.86. The number of nitrogen functional groups attached to an aromatic ring is 1. The maximum Gasteiger partial charge on any atom is 0.231 e. The van der Waals surface area contributed by atoms with Crippen LogP contribution in [0.5, 0.6) is 0 Å². The highest BCUT2D eigenvalue weighted by Gasteiger charge is 2.20. The van der Waals surface area contributed by atoms with Crippen LogP contribution in [0.1, 0.15) is 25.7 Å². The Morgan fingerprint density at radius 3 is 2.65 bits per heavy atom. The lowest BCUT2D eigenvalue weighted by Gasteiger charge is -2.30. The van der Waals surface area contributed by atoms with Gasteiger partial charge in [-0.3, -0.25) is 0 Å². The summed E-state index contributed by atoms with van der Waals surface area (Å²) in [6.07, 6.45) is 4.74. The van der Waals surface area contributed by atoms with Crippen molar-refractivity contribution in [2.75, 3.05) is 49.2 Å². The van der Waals surface area contributed by atoms with Crippen LogP contribution in [0.25, 0.3) is 0 Å². The molecular formula is C13H23N7. The number of nitrogens with two attached hydrogens (primary N) is 1. The third-order valence-corrected chi connectivity index (χ3v) is 3.99. The van der Waals surface area contributed by atoms with Crippen molar-refractivity contribution in [1.29, 1.82) is 0 Å². The molecule has 0 aromatic carbocycles. The molecule has 20 heavy (non-hydrogen) atoms. The van der Waals surface area contributed by atoms with Crippen LogP contribution in [0.2, 0.25) is 0 Å². The third kappa shape index (κ3) is 3.09. The number of piperidine rings is 1. The van der Waals surface area contributed by atoms with Gasteiger partial charge in [-0.05, 0) is 39.3 Å². The Bertz CT molecular complexity index is 458. The van der Waals surface area contributed by atoms with Crippen molar-refractivity contribution in [2.45, 2.75) is 31.7 Å². The first-order chi connectivity index (χ1) is 9.70. The molecule has 0 amide bonds. The number of rotatable bonds is 3. The Labute approximate surface area is 119 Å². The lowest BCUT2D eigenvalue weighted by atomic mass is 10.1. The quantitative estimate of drug-likeness (QED) is 0.835. The first-order valence-corrected chi connectivity index (χ1v) is 7.42. The van der Waals surface area contributed by atoms with E-state index >= 15 is 0 Å². The maximum atomic E-state index is 5.82. The summed E-state index contributed by atoms with van der Waals surface area (Å²) < 4.78 is 0. The van der Waals surface area contributed by atoms with E-state index in [0.717, 1.165) is 32.6 Å². The number of likely N-dealkylation sites (N-methyl/N-ethyl adjacent to an activating group) is 1. The van der Waals surface area contributed by atoms with E-state index in [1.807, 2.05) is 0 Å². The number of hydrogen-bond acceptors (Lipinski definition) is 7. The van der Waals surface area contributed by atoms with Crippen molar-refractivity contribution in [2.24, 2.45) is 0 Å². The van der Waals surface area contributed by atoms with Gasteiger partial charge in [-0.1, -0.05) is 0 Å². The number of aromatic nitrogens is 3. The van der Waals surface area contributed by atoms with Crippen LogP contribution in [-0.2, 0) is 0 Å². The van der Waals surface area contributed by atoms with Crippen LogP contribution in [0.4, 0.5) is 17.8 Å². The summed E-state index contributed by atoms with van der Waals surface area (Å²) in [6, 6.07) is 0.391. The molecule has 3 heterocycles. The van der Waals surface area contributed by atoms with Crippen LogP contribution in [0.3, 0.4) is 0 Å². The minimum Gasteiger partial charge on any atom is -0.368 e. The lowest BCUT2D eigenvalue weighted by Crippen LogP contribution is -2.40. The third-order valence-electron chi connectivity index (χ3n) is 3.99. The van der Waals surface area contributed by atoms with Crippen LogP contribution >= 0.6 is 0 Å². The summed E-state index contributed by atoms with van der Waals surface area (Å²) >= 11 is 0. The molecule has 0 spiro atoms. The zero-order valence-corrected chi connectivity index (χ0v) is 12.0. The van der Waals surface area contributed by atoms with E-state index in [-0.39, 0.29) is 0 Å². The topological polar surface area (TPSA) is 83.2 Å². The Hall–Kier alpha value is -1.63. The molecule has 1 atom stereocenters. The summed E-state index contributed by atoms with van der Waals surface area (Å²) in [6.45, 7) is 4.20. The van der Waals surface area contributed by atoms with Crippen molar-refractivity contribution >= 4 is 17.8 Å². The minimum absolute atomic E-state index is 0.300. The molecule has 1 unspecified atom stereocenters. The standard InChI is InChI=1S/C13H23N7/c1-19-6-4-5-10(9-19)15-12-16-11(14)17-13(18-12)20-7-2-3-8-20/h10H,2-9H2,1H3,(H3,14,15,16,17,18). The van der Waals surface area contributed by atoms with E-state index in [0.29, 0.717) is 23.9 Å². The molecule has 110 valence electrons. The van der Waals surface area contributed by atoms with Crippen LogP contribution in [0, 0.1) is 0 Å². The number of hydrogen-bond donors (Lipinski definition) is 2. The first kappa shape index (κ1) is 13.4. The molecule has 3 rings (SSSR count). The molecule has 7 heteroatoms. The smallest absolute Gasteiger partial charge is 0.231 e. The van der Waals surface area contributed by atoms with Gasteiger partial charge in [0.1, 0.15) is 0 Å². The second-order valence-electron chi connectivity index (χ2n) is 5.76. The fourth-order valence-corrected chi connectivity index (χ4v) is 2.97. The van der Waals surface area contributed by atoms with Gasteiger partial charge >= 0.3 is 0 Å². The summed E-state index contributed by atoms with van der Waals surface area (Å²) in [5, 5.41) is 3.41. The van der Waals surface area contributed by atoms with E-state index in [4.69, 9.17) is 5.73 Å². The Morgan fingerprint density at radius 1 is 1.10 bits per heavy atom. The number of nitrogens with one attached hydrogen (secondary N) is 1. The van der Waals surface area contributed by atoms with E-state index < -0.39 is 0 Å². The molecule has 2 fully saturated rings. The highest BCUT2D eigenvalue weighted by molar-refractivity contribution is 5.42. The second kappa shape index (κ2) is 5.78. The van der Waals surface area contributed by atoms with Crippen molar-refractivity contribution in [3.63, 3.8) is 0 Å². The van der Waals surface area contributed by atoms with E-state index in [1.165, 1.54) is 19.3 Å². The van der Waals surface area contributed by atoms with Crippen molar-refractivity contribution in [3.8, 4) is 0 Å². The predicted molar refractivity (Wildman–Crippen MR) is 79.8 cm³/mol. The van der Waals surface area contributed by atoms with Crippen LogP contribution in [-0.4, -0.2) is 59.1 Å². The largest absolute Gasteiger partial charge is 0.368 e. The second-order valence-corrected chi connectivity index (χ2v) is 5.76. The van der Waals surface area contributed by atoms with Gasteiger partial charge in [0.05, 0.1) is 0 Å². The van der Waals surface area contributed by atoms with Crippen LogP contribution < -0.4 is 16.0 Å². The summed E-state index contributed by atoms with van der Waals surface area (Å²) in [5.74, 6) is 1.62. The van der Waals surface area contributed by atoms with Crippen molar-refractivity contribution in [1.82, 2.24) is 19.9 Å². The van der Waals surface area contributed by atoms with E-state index in [1.54, 1.807) is 0 Å². The van der Waals surface area contributed by atoms with Gasteiger partial charge in [-0.15, -0.1) is 0 Å². The molecule has 2 aliphatic rings. The predicted octanol–water partition coefficient (Wildman–Crippen LogP) is 0.560. The zero-order chi connectivity index (χ0) is 13.9.